The molecule has 0 saturated heterocycles. The summed E-state index contributed by atoms with van der Waals surface area (Å²) < 4.78 is 5.24. The normalized spacial score (nSPS) is 20.6. The lowest BCUT2D eigenvalue weighted by atomic mass is 9.71. The van der Waals surface area contributed by atoms with Crippen molar-refractivity contribution in [2.24, 2.45) is 5.16 Å². The van der Waals surface area contributed by atoms with Gasteiger partial charge in [0.1, 0.15) is 5.75 Å². The van der Waals surface area contributed by atoms with Crippen LogP contribution in [0.2, 0.25) is 0 Å². The van der Waals surface area contributed by atoms with Gasteiger partial charge < -0.3 is 9.94 Å². The summed E-state index contributed by atoms with van der Waals surface area (Å²) >= 11 is 0. The minimum absolute atomic E-state index is 0.211. The number of nitrogens with zero attached hydrogens (tertiary/aromatic N) is 1. The van der Waals surface area contributed by atoms with Crippen LogP contribution in [0.25, 0.3) is 0 Å². The van der Waals surface area contributed by atoms with E-state index in [-0.39, 0.29) is 5.41 Å². The first-order chi connectivity index (χ1) is 7.59. The largest absolute Gasteiger partial charge is 0.497 e. The Morgan fingerprint density at radius 1 is 1.31 bits per heavy atom. The van der Waals surface area contributed by atoms with E-state index in [2.05, 4.69) is 25.1 Å². The summed E-state index contributed by atoms with van der Waals surface area (Å²) in [4.78, 5) is 0. The van der Waals surface area contributed by atoms with Crippen molar-refractivity contribution in [2.75, 3.05) is 7.11 Å². The monoisotopic (exact) mass is 219 g/mol. The Hall–Kier alpha value is -1.51. The molecule has 0 radical (unpaired) electrons. The fraction of sp³-hybridized carbons (Fsp3) is 0.462. The van der Waals surface area contributed by atoms with E-state index in [4.69, 9.17) is 9.94 Å². The predicted molar refractivity (Wildman–Crippen MR) is 63.6 cm³/mol. The van der Waals surface area contributed by atoms with E-state index in [1.165, 1.54) is 11.1 Å². The van der Waals surface area contributed by atoms with Crippen molar-refractivity contribution >= 4 is 5.71 Å². The molecule has 0 heterocycles. The Labute approximate surface area is 95.7 Å². The van der Waals surface area contributed by atoms with Gasteiger partial charge in [-0.15, -0.1) is 0 Å². The van der Waals surface area contributed by atoms with Gasteiger partial charge in [0.15, 0.2) is 0 Å². The van der Waals surface area contributed by atoms with Gasteiger partial charge in [-0.1, -0.05) is 25.1 Å². The molecule has 3 nitrogen and oxygen atoms in total. The maximum Gasteiger partial charge on any atom is 0.119 e. The number of hydrogen-bond acceptors (Lipinski definition) is 3. The molecule has 1 N–H and O–H groups in total. The quantitative estimate of drug-likeness (QED) is 0.583. The molecule has 3 heteroatoms. The Kier molecular flexibility index (Phi) is 2.62. The highest BCUT2D eigenvalue weighted by Gasteiger charge is 2.34. The summed E-state index contributed by atoms with van der Waals surface area (Å²) in [5.41, 5.74) is 3.15. The molecular weight excluding hydrogens is 202 g/mol. The molecule has 0 atom stereocenters. The van der Waals surface area contributed by atoms with Crippen molar-refractivity contribution in [2.45, 2.75) is 32.1 Å². The molecule has 0 bridgehead atoms. The highest BCUT2D eigenvalue weighted by molar-refractivity contribution is 5.95. The SMILES string of the molecule is COc1ccc2c(c1)C(C)(C)/C(=N/O)CC2. The van der Waals surface area contributed by atoms with Gasteiger partial charge in [-0.3, -0.25) is 0 Å². The first kappa shape index (κ1) is 11.0. The number of rotatable bonds is 1. The molecule has 0 spiro atoms. The lowest BCUT2D eigenvalue weighted by Crippen LogP contribution is -2.34. The number of benzene rings is 1. The zero-order valence-electron chi connectivity index (χ0n) is 9.95. The van der Waals surface area contributed by atoms with Crippen molar-refractivity contribution in [1.82, 2.24) is 0 Å². The van der Waals surface area contributed by atoms with Crippen LogP contribution in [0.15, 0.2) is 23.4 Å². The molecule has 0 unspecified atom stereocenters. The van der Waals surface area contributed by atoms with E-state index < -0.39 is 0 Å². The number of methoxy groups -OCH3 is 1. The summed E-state index contributed by atoms with van der Waals surface area (Å²) in [7, 11) is 1.67. The van der Waals surface area contributed by atoms with Crippen LogP contribution in [-0.2, 0) is 11.8 Å². The Balaban J connectivity index is 2.56. The van der Waals surface area contributed by atoms with Gasteiger partial charge in [-0.2, -0.15) is 0 Å². The standard InChI is InChI=1S/C13H17NO2/c1-13(2)11-8-10(16-3)6-4-9(11)5-7-12(13)14-15/h4,6,8,15H,5,7H2,1-3H3/b14-12+. The second kappa shape index (κ2) is 3.81. The molecule has 86 valence electrons. The molecule has 0 aromatic heterocycles. The van der Waals surface area contributed by atoms with Gasteiger partial charge in [0.2, 0.25) is 0 Å². The van der Waals surface area contributed by atoms with Crippen LogP contribution in [-0.4, -0.2) is 18.0 Å². The minimum Gasteiger partial charge on any atom is -0.497 e. The molecule has 0 amide bonds. The molecule has 2 rings (SSSR count). The summed E-state index contributed by atoms with van der Waals surface area (Å²) in [6.07, 6.45) is 1.75. The number of oxime groups is 1. The molecule has 0 aliphatic heterocycles. The summed E-state index contributed by atoms with van der Waals surface area (Å²) in [6.45, 7) is 4.17. The first-order valence-corrected chi connectivity index (χ1v) is 5.48. The van der Waals surface area contributed by atoms with Crippen LogP contribution in [0.5, 0.6) is 5.75 Å². The van der Waals surface area contributed by atoms with Crippen LogP contribution >= 0.6 is 0 Å². The van der Waals surface area contributed by atoms with E-state index in [9.17, 15) is 0 Å². The third-order valence-corrected chi connectivity index (χ3v) is 3.46. The number of fused-ring (bicyclic) bond motifs is 1. The zero-order chi connectivity index (χ0) is 11.8. The van der Waals surface area contributed by atoms with Crippen molar-refractivity contribution in [3.63, 3.8) is 0 Å². The fourth-order valence-electron chi connectivity index (χ4n) is 2.38. The van der Waals surface area contributed by atoms with Gasteiger partial charge >= 0.3 is 0 Å². The molecule has 1 aliphatic carbocycles. The summed E-state index contributed by atoms with van der Waals surface area (Å²) in [6, 6.07) is 6.12. The Morgan fingerprint density at radius 3 is 2.69 bits per heavy atom. The van der Waals surface area contributed by atoms with E-state index >= 15 is 0 Å². The van der Waals surface area contributed by atoms with Gasteiger partial charge in [0.05, 0.1) is 12.8 Å². The topological polar surface area (TPSA) is 41.8 Å². The second-order valence-corrected chi connectivity index (χ2v) is 4.69. The third-order valence-electron chi connectivity index (χ3n) is 3.46. The average Bonchev–Trinajstić information content (AvgIpc) is 2.29. The maximum absolute atomic E-state index is 9.04. The van der Waals surface area contributed by atoms with E-state index in [0.29, 0.717) is 0 Å². The Morgan fingerprint density at radius 2 is 2.06 bits per heavy atom. The minimum atomic E-state index is -0.211. The molecule has 1 aliphatic rings. The molecule has 0 fully saturated rings. The Bertz CT molecular complexity index is 436. The lowest BCUT2D eigenvalue weighted by Gasteiger charge is -2.33. The highest BCUT2D eigenvalue weighted by Crippen LogP contribution is 2.36. The van der Waals surface area contributed by atoms with Crippen LogP contribution in [0.4, 0.5) is 0 Å². The van der Waals surface area contributed by atoms with Crippen LogP contribution in [0.1, 0.15) is 31.4 Å². The highest BCUT2D eigenvalue weighted by atomic mass is 16.5. The van der Waals surface area contributed by atoms with E-state index in [0.717, 1.165) is 24.3 Å². The third kappa shape index (κ3) is 1.56. The molecule has 0 saturated carbocycles. The lowest BCUT2D eigenvalue weighted by molar-refractivity contribution is 0.311. The average molecular weight is 219 g/mol. The van der Waals surface area contributed by atoms with Gasteiger partial charge in [-0.25, -0.2) is 0 Å². The second-order valence-electron chi connectivity index (χ2n) is 4.69. The van der Waals surface area contributed by atoms with Crippen LogP contribution in [0.3, 0.4) is 0 Å². The molecule has 16 heavy (non-hydrogen) atoms. The zero-order valence-corrected chi connectivity index (χ0v) is 9.95. The van der Waals surface area contributed by atoms with E-state index in [1.54, 1.807) is 7.11 Å². The molecule has 1 aromatic carbocycles. The van der Waals surface area contributed by atoms with E-state index in [1.807, 2.05) is 12.1 Å². The first-order valence-electron chi connectivity index (χ1n) is 5.48. The number of hydrogen-bond donors (Lipinski definition) is 1. The molecular formula is C13H17NO2. The van der Waals surface area contributed by atoms with Crippen LogP contribution < -0.4 is 4.74 Å². The van der Waals surface area contributed by atoms with Gasteiger partial charge in [0, 0.05) is 5.41 Å². The molecule has 1 aromatic rings. The maximum atomic E-state index is 9.04. The number of ether oxygens (including phenoxy) is 1. The van der Waals surface area contributed by atoms with Crippen molar-refractivity contribution in [1.29, 1.82) is 0 Å². The van der Waals surface area contributed by atoms with Gasteiger partial charge in [-0.05, 0) is 36.1 Å². The summed E-state index contributed by atoms with van der Waals surface area (Å²) in [5.74, 6) is 0.853. The smallest absolute Gasteiger partial charge is 0.119 e. The number of aryl methyl sites for hydroxylation is 1. The van der Waals surface area contributed by atoms with Gasteiger partial charge in [0.25, 0.3) is 0 Å². The predicted octanol–water partition coefficient (Wildman–Crippen LogP) is 2.75. The van der Waals surface area contributed by atoms with Crippen LogP contribution in [0, 0.1) is 0 Å². The van der Waals surface area contributed by atoms with Crippen molar-refractivity contribution < 1.29 is 9.94 Å². The van der Waals surface area contributed by atoms with Crippen molar-refractivity contribution in [3.05, 3.63) is 29.3 Å². The fourth-order valence-corrected chi connectivity index (χ4v) is 2.38. The van der Waals surface area contributed by atoms with Crippen molar-refractivity contribution in [3.8, 4) is 5.75 Å². The summed E-state index contributed by atoms with van der Waals surface area (Å²) in [5, 5.41) is 12.5.